The van der Waals surface area contributed by atoms with Crippen LogP contribution in [0.5, 0.6) is 0 Å². The number of para-hydroxylation sites is 7. The Morgan fingerprint density at radius 2 is 0.287 bits per heavy atom. The number of anilines is 18. The van der Waals surface area contributed by atoms with Crippen molar-refractivity contribution in [2.75, 3.05) is 29.4 Å². The van der Waals surface area contributed by atoms with E-state index in [0.29, 0.717) is 0 Å². The van der Waals surface area contributed by atoms with E-state index in [2.05, 4.69) is 588 Å². The summed E-state index contributed by atoms with van der Waals surface area (Å²) in [5.41, 5.74) is 29.2. The van der Waals surface area contributed by atoms with Crippen LogP contribution in [0.25, 0.3) is 149 Å². The molecule has 0 aliphatic heterocycles. The molecular formula is C138H92N6O3S3. The molecule has 12 heteroatoms. The Morgan fingerprint density at radius 3 is 0.507 bits per heavy atom. The van der Waals surface area contributed by atoms with Crippen molar-refractivity contribution in [3.8, 4) is 22.3 Å². The second kappa shape index (κ2) is 39.1. The van der Waals surface area contributed by atoms with Crippen LogP contribution in [0.4, 0.5) is 102 Å². The minimum Gasteiger partial charge on any atom is -0.456 e. The SMILES string of the molecule is c1ccc(-c2ccc(N(c3ccc4c(c3)sc3ccccc34)c3cccc4oc5cccc(N(c6ccccc6)c6ccccc6)c5c34)cc2)cc1.c1ccc(-c2ccc(N(c3ccccc3)c3cccc4oc5cccc(N(c6ccccc6)c6ccc7c(c6)sc6ccccc67)c5c34)cc2)cc1.c1ccc(N(c2ccccc2)c2cccc3oc4cccc(N(c5ccccc5)c5ccc6c(c5)sc5ccccc56)c4c23)cc1. The van der Waals surface area contributed by atoms with Crippen molar-refractivity contribution >= 4 is 263 Å². The van der Waals surface area contributed by atoms with E-state index < -0.39 is 0 Å². The predicted octanol–water partition coefficient (Wildman–Crippen LogP) is 42.0. The maximum Gasteiger partial charge on any atom is 0.137 e. The van der Waals surface area contributed by atoms with Crippen LogP contribution in [0.2, 0.25) is 0 Å². The third kappa shape index (κ3) is 16.6. The molecule has 29 rings (SSSR count). The number of benzene rings is 23. The van der Waals surface area contributed by atoms with Crippen LogP contribution in [-0.2, 0) is 0 Å². The Balaban J connectivity index is 0.000000111. The summed E-state index contributed by atoms with van der Waals surface area (Å²) < 4.78 is 27.7. The van der Waals surface area contributed by atoms with Gasteiger partial charge in [0.1, 0.15) is 33.5 Å². The molecule has 0 fully saturated rings. The summed E-state index contributed by atoms with van der Waals surface area (Å²) in [6.45, 7) is 0. The zero-order chi connectivity index (χ0) is 99.3. The standard InChI is InChI=1S/2C48H32N2OS.C42H28N2OS/c1-4-14-33(15-5-1)34-26-28-37(29-27-34)49(35-16-6-2-7-17-35)41-21-12-23-43-47(41)48-42(22-13-24-44(48)51-43)50(36-18-8-3-9-19-36)38-30-31-40-39-20-10-11-25-45(39)52-46(40)32-38;1-4-14-33(15-5-1)34-26-28-37(29-27-34)50(38-30-31-40-39-20-10-11-25-45(39)52-46(40)32-38)42-22-13-24-44-48(42)47-41(21-12-23-43(47)51-44)49(35-16-6-2-7-17-35)36-18-8-3-9-19-36;1-4-14-29(15-5-1)43(30-16-6-2-7-17-30)35-21-12-23-37-41(35)42-36(22-13-24-38(42)45-37)44(31-18-8-3-9-19-31)32-26-27-34-33-20-10-11-25-39(33)46-40(34)28-32/h2*1-32H;1-28H. The number of rotatable bonds is 20. The summed E-state index contributed by atoms with van der Waals surface area (Å²) in [5.74, 6) is 0. The molecule has 150 heavy (non-hydrogen) atoms. The lowest BCUT2D eigenvalue weighted by atomic mass is 10.0. The molecule has 0 unspecified atom stereocenters. The van der Waals surface area contributed by atoms with E-state index in [1.54, 1.807) is 0 Å². The first-order valence-corrected chi connectivity index (χ1v) is 52.9. The van der Waals surface area contributed by atoms with Crippen LogP contribution in [0.15, 0.2) is 571 Å². The van der Waals surface area contributed by atoms with Crippen LogP contribution in [0, 0.1) is 0 Å². The molecule has 0 aliphatic carbocycles. The highest BCUT2D eigenvalue weighted by molar-refractivity contribution is 7.26. The largest absolute Gasteiger partial charge is 0.456 e. The molecule has 0 amide bonds. The Bertz CT molecular complexity index is 9910. The van der Waals surface area contributed by atoms with Gasteiger partial charge in [-0.2, -0.15) is 0 Å². The van der Waals surface area contributed by atoms with Crippen LogP contribution in [0.3, 0.4) is 0 Å². The summed E-state index contributed by atoms with van der Waals surface area (Å²) in [6, 6.07) is 198. The molecule has 29 aromatic rings. The molecule has 0 saturated carbocycles. The van der Waals surface area contributed by atoms with Crippen LogP contribution in [-0.4, -0.2) is 0 Å². The van der Waals surface area contributed by atoms with E-state index in [9.17, 15) is 0 Å². The predicted molar refractivity (Wildman–Crippen MR) is 639 cm³/mol. The lowest BCUT2D eigenvalue weighted by Crippen LogP contribution is -2.11. The quantitative estimate of drug-likeness (QED) is 0.0743. The van der Waals surface area contributed by atoms with Gasteiger partial charge in [0.15, 0.2) is 0 Å². The minimum absolute atomic E-state index is 0.842. The van der Waals surface area contributed by atoms with Gasteiger partial charge in [-0.1, -0.05) is 322 Å². The van der Waals surface area contributed by atoms with Crippen LogP contribution >= 0.6 is 34.0 Å². The molecule has 0 saturated heterocycles. The van der Waals surface area contributed by atoms with E-state index in [1.807, 2.05) is 34.0 Å². The van der Waals surface area contributed by atoms with E-state index in [-0.39, 0.29) is 0 Å². The van der Waals surface area contributed by atoms with Gasteiger partial charge in [0.05, 0.1) is 66.4 Å². The lowest BCUT2D eigenvalue weighted by molar-refractivity contribution is 0.668. The van der Waals surface area contributed by atoms with Gasteiger partial charge >= 0.3 is 0 Å². The molecule has 710 valence electrons. The fraction of sp³-hybridized carbons (Fsp3) is 0. The van der Waals surface area contributed by atoms with Crippen molar-refractivity contribution < 1.29 is 13.3 Å². The number of thiophene rings is 3. The molecule has 0 N–H and O–H groups in total. The van der Waals surface area contributed by atoms with Gasteiger partial charge in [-0.3, -0.25) is 0 Å². The Morgan fingerprint density at radius 1 is 0.120 bits per heavy atom. The highest BCUT2D eigenvalue weighted by Gasteiger charge is 2.31. The molecule has 6 aromatic heterocycles. The van der Waals surface area contributed by atoms with E-state index in [1.165, 1.54) is 82.8 Å². The van der Waals surface area contributed by atoms with Crippen LogP contribution in [0.1, 0.15) is 0 Å². The Hall–Kier alpha value is -19.1. The average Bonchev–Trinajstić information content (AvgIpc) is 1.57. The number of hydrogen-bond donors (Lipinski definition) is 0. The first-order chi connectivity index (χ1) is 74.4. The van der Waals surface area contributed by atoms with E-state index in [0.717, 1.165) is 168 Å². The second-order valence-electron chi connectivity index (χ2n) is 37.2. The maximum absolute atomic E-state index is 6.71. The summed E-state index contributed by atoms with van der Waals surface area (Å²) in [5, 5.41) is 14.1. The van der Waals surface area contributed by atoms with Crippen LogP contribution < -0.4 is 29.4 Å². The zero-order valence-corrected chi connectivity index (χ0v) is 83.7. The number of fused-ring (bicyclic) bond motifs is 18. The number of hydrogen-bond acceptors (Lipinski definition) is 12. The molecule has 0 aliphatic rings. The van der Waals surface area contributed by atoms with E-state index >= 15 is 0 Å². The molecule has 0 bridgehead atoms. The minimum atomic E-state index is 0.842. The van der Waals surface area contributed by atoms with Gasteiger partial charge in [0, 0.05) is 129 Å². The van der Waals surface area contributed by atoms with Crippen molar-refractivity contribution in [2.45, 2.75) is 0 Å². The van der Waals surface area contributed by atoms with Crippen molar-refractivity contribution in [3.63, 3.8) is 0 Å². The van der Waals surface area contributed by atoms with Gasteiger partial charge < -0.3 is 42.7 Å². The first-order valence-electron chi connectivity index (χ1n) is 50.5. The van der Waals surface area contributed by atoms with Gasteiger partial charge in [-0.05, 0) is 259 Å². The summed E-state index contributed by atoms with van der Waals surface area (Å²) in [4.78, 5) is 14.1. The second-order valence-corrected chi connectivity index (χ2v) is 40.5. The zero-order valence-electron chi connectivity index (χ0n) is 81.2. The normalized spacial score (nSPS) is 11.5. The van der Waals surface area contributed by atoms with E-state index in [4.69, 9.17) is 13.3 Å². The van der Waals surface area contributed by atoms with Gasteiger partial charge in [0.25, 0.3) is 0 Å². The number of furan rings is 3. The van der Waals surface area contributed by atoms with Crippen molar-refractivity contribution in [3.05, 3.63) is 558 Å². The molecular weight excluding hydrogens is 1890 g/mol. The fourth-order valence-corrected chi connectivity index (χ4v) is 25.1. The Labute approximate surface area is 878 Å². The van der Waals surface area contributed by atoms with Gasteiger partial charge in [-0.25, -0.2) is 0 Å². The third-order valence-electron chi connectivity index (χ3n) is 28.3. The topological polar surface area (TPSA) is 58.9 Å². The number of nitrogens with zero attached hydrogens (tertiary/aromatic N) is 6. The average molecular weight is 1980 g/mol. The van der Waals surface area contributed by atoms with Crippen molar-refractivity contribution in [1.82, 2.24) is 0 Å². The molecule has 0 spiro atoms. The van der Waals surface area contributed by atoms with Crippen molar-refractivity contribution in [1.29, 1.82) is 0 Å². The fourth-order valence-electron chi connectivity index (χ4n) is 21.6. The summed E-state index contributed by atoms with van der Waals surface area (Å²) >= 11 is 5.52. The summed E-state index contributed by atoms with van der Waals surface area (Å²) in [6.07, 6.45) is 0. The van der Waals surface area contributed by atoms with Gasteiger partial charge in [0.2, 0.25) is 0 Å². The molecule has 9 nitrogen and oxygen atoms in total. The maximum atomic E-state index is 6.71. The molecule has 23 aromatic carbocycles. The van der Waals surface area contributed by atoms with Crippen molar-refractivity contribution in [2.24, 2.45) is 0 Å². The summed E-state index contributed by atoms with van der Waals surface area (Å²) in [7, 11) is 0. The first kappa shape index (κ1) is 89.7. The highest BCUT2D eigenvalue weighted by Crippen LogP contribution is 2.56. The molecule has 0 radical (unpaired) electrons. The molecule has 6 heterocycles. The molecule has 0 atom stereocenters. The lowest BCUT2D eigenvalue weighted by Gasteiger charge is -2.28. The third-order valence-corrected chi connectivity index (χ3v) is 31.7. The Kier molecular flexibility index (Phi) is 23.4. The highest BCUT2D eigenvalue weighted by atomic mass is 32.1. The van der Waals surface area contributed by atoms with Gasteiger partial charge in [-0.15, -0.1) is 34.0 Å². The smallest absolute Gasteiger partial charge is 0.137 e. The monoisotopic (exact) mass is 1980 g/mol.